The van der Waals surface area contributed by atoms with Gasteiger partial charge in [0.15, 0.2) is 0 Å². The highest BCUT2D eigenvalue weighted by molar-refractivity contribution is 5.88. The van der Waals surface area contributed by atoms with Crippen LogP contribution in [0.4, 0.5) is 0 Å². The van der Waals surface area contributed by atoms with Crippen molar-refractivity contribution in [2.45, 2.75) is 12.5 Å². The minimum Gasteiger partial charge on any atom is -0.490 e. The van der Waals surface area contributed by atoms with Crippen molar-refractivity contribution in [2.24, 2.45) is 0 Å². The SMILES string of the molecule is C=CCC(O)C(=C)C(=O)OCCOc1ccccc1. The first-order valence-electron chi connectivity index (χ1n) is 5.98. The summed E-state index contributed by atoms with van der Waals surface area (Å²) in [6.45, 7) is 7.33. The highest BCUT2D eigenvalue weighted by Crippen LogP contribution is 2.09. The van der Waals surface area contributed by atoms with Gasteiger partial charge < -0.3 is 14.6 Å². The van der Waals surface area contributed by atoms with Crippen LogP contribution in [0.15, 0.2) is 55.1 Å². The molecule has 0 fully saturated rings. The number of ether oxygens (including phenoxy) is 2. The van der Waals surface area contributed by atoms with Gasteiger partial charge in [0, 0.05) is 0 Å². The Hall–Kier alpha value is -2.07. The summed E-state index contributed by atoms with van der Waals surface area (Å²) in [6, 6.07) is 9.23. The molecule has 0 saturated carbocycles. The molecule has 0 amide bonds. The predicted molar refractivity (Wildman–Crippen MR) is 72.9 cm³/mol. The molecule has 19 heavy (non-hydrogen) atoms. The van der Waals surface area contributed by atoms with E-state index in [1.54, 1.807) is 0 Å². The lowest BCUT2D eigenvalue weighted by molar-refractivity contribution is -0.140. The van der Waals surface area contributed by atoms with Gasteiger partial charge in [-0.3, -0.25) is 0 Å². The standard InChI is InChI=1S/C15H18O4/c1-3-7-14(16)12(2)15(17)19-11-10-18-13-8-5-4-6-9-13/h3-6,8-9,14,16H,1-2,7,10-11H2. The Kier molecular flexibility index (Phi) is 6.39. The van der Waals surface area contributed by atoms with Gasteiger partial charge in [0.2, 0.25) is 0 Å². The van der Waals surface area contributed by atoms with Gasteiger partial charge in [-0.15, -0.1) is 6.58 Å². The van der Waals surface area contributed by atoms with Crippen LogP contribution in [-0.4, -0.2) is 30.4 Å². The van der Waals surface area contributed by atoms with E-state index in [1.807, 2.05) is 30.3 Å². The van der Waals surface area contributed by atoms with Crippen molar-refractivity contribution in [2.75, 3.05) is 13.2 Å². The Bertz CT molecular complexity index is 425. The van der Waals surface area contributed by atoms with Crippen molar-refractivity contribution in [1.29, 1.82) is 0 Å². The largest absolute Gasteiger partial charge is 0.490 e. The molecule has 0 aliphatic carbocycles. The second-order valence-electron chi connectivity index (χ2n) is 3.86. The van der Waals surface area contributed by atoms with E-state index in [0.29, 0.717) is 5.75 Å². The van der Waals surface area contributed by atoms with Gasteiger partial charge in [0.05, 0.1) is 11.7 Å². The topological polar surface area (TPSA) is 55.8 Å². The molecule has 1 aromatic carbocycles. The van der Waals surface area contributed by atoms with Crippen LogP contribution >= 0.6 is 0 Å². The zero-order valence-corrected chi connectivity index (χ0v) is 10.7. The van der Waals surface area contributed by atoms with Gasteiger partial charge in [-0.05, 0) is 18.6 Å². The molecule has 0 spiro atoms. The second-order valence-corrected chi connectivity index (χ2v) is 3.86. The number of carbonyl (C=O) groups is 1. The number of rotatable bonds is 8. The number of para-hydroxylation sites is 1. The number of benzene rings is 1. The van der Waals surface area contributed by atoms with Gasteiger partial charge >= 0.3 is 5.97 Å². The fraction of sp³-hybridized carbons (Fsp3) is 0.267. The maximum absolute atomic E-state index is 11.5. The molecule has 1 unspecified atom stereocenters. The van der Waals surface area contributed by atoms with Gasteiger partial charge in [-0.2, -0.15) is 0 Å². The first-order chi connectivity index (χ1) is 9.15. The van der Waals surface area contributed by atoms with Gasteiger partial charge in [0.1, 0.15) is 19.0 Å². The Morgan fingerprint density at radius 3 is 2.63 bits per heavy atom. The number of carbonyl (C=O) groups excluding carboxylic acids is 1. The summed E-state index contributed by atoms with van der Waals surface area (Å²) >= 11 is 0. The van der Waals surface area contributed by atoms with Crippen LogP contribution in [-0.2, 0) is 9.53 Å². The fourth-order valence-corrected chi connectivity index (χ4v) is 1.34. The number of aliphatic hydroxyl groups is 1. The van der Waals surface area contributed by atoms with Crippen LogP contribution in [0.2, 0.25) is 0 Å². The van der Waals surface area contributed by atoms with E-state index in [-0.39, 0.29) is 25.2 Å². The summed E-state index contributed by atoms with van der Waals surface area (Å²) in [5.41, 5.74) is 0.0274. The molecule has 0 aliphatic rings. The molecule has 0 heterocycles. The van der Waals surface area contributed by atoms with Gasteiger partial charge in [-0.25, -0.2) is 4.79 Å². The van der Waals surface area contributed by atoms with E-state index >= 15 is 0 Å². The highest BCUT2D eigenvalue weighted by Gasteiger charge is 2.16. The molecule has 0 radical (unpaired) electrons. The van der Waals surface area contributed by atoms with Crippen LogP contribution in [0.1, 0.15) is 6.42 Å². The van der Waals surface area contributed by atoms with Gasteiger partial charge in [0.25, 0.3) is 0 Å². The third kappa shape index (κ3) is 5.40. The Labute approximate surface area is 113 Å². The molecule has 1 atom stereocenters. The Morgan fingerprint density at radius 2 is 2.00 bits per heavy atom. The van der Waals surface area contributed by atoms with E-state index in [4.69, 9.17) is 9.47 Å². The smallest absolute Gasteiger partial charge is 0.336 e. The fourth-order valence-electron chi connectivity index (χ4n) is 1.34. The summed E-state index contributed by atoms with van der Waals surface area (Å²) in [4.78, 5) is 11.5. The van der Waals surface area contributed by atoms with E-state index in [0.717, 1.165) is 0 Å². The number of hydrogen-bond acceptors (Lipinski definition) is 4. The summed E-state index contributed by atoms with van der Waals surface area (Å²) in [5, 5.41) is 9.52. The zero-order chi connectivity index (χ0) is 14.1. The summed E-state index contributed by atoms with van der Waals surface area (Å²) in [5.74, 6) is 0.0927. The van der Waals surface area contributed by atoms with Crippen LogP contribution in [0.5, 0.6) is 5.75 Å². The Balaban J connectivity index is 2.24. The summed E-state index contributed by atoms with van der Waals surface area (Å²) in [7, 11) is 0. The molecule has 1 rings (SSSR count). The van der Waals surface area contributed by atoms with E-state index in [2.05, 4.69) is 13.2 Å². The van der Waals surface area contributed by atoms with Crippen molar-refractivity contribution >= 4 is 5.97 Å². The third-order valence-electron chi connectivity index (χ3n) is 2.38. The van der Waals surface area contributed by atoms with Crippen LogP contribution in [0.3, 0.4) is 0 Å². The maximum Gasteiger partial charge on any atom is 0.336 e. The lowest BCUT2D eigenvalue weighted by Crippen LogP contribution is -2.20. The van der Waals surface area contributed by atoms with E-state index in [9.17, 15) is 9.90 Å². The van der Waals surface area contributed by atoms with Crippen molar-refractivity contribution in [3.8, 4) is 5.75 Å². The van der Waals surface area contributed by atoms with Crippen molar-refractivity contribution in [1.82, 2.24) is 0 Å². The van der Waals surface area contributed by atoms with Crippen molar-refractivity contribution < 1.29 is 19.4 Å². The molecule has 0 aromatic heterocycles. The van der Waals surface area contributed by atoms with Gasteiger partial charge in [-0.1, -0.05) is 30.9 Å². The molecule has 4 nitrogen and oxygen atoms in total. The molecular weight excluding hydrogens is 244 g/mol. The normalized spacial score (nSPS) is 11.4. The molecule has 4 heteroatoms. The minimum atomic E-state index is -0.944. The molecule has 0 bridgehead atoms. The first-order valence-corrected chi connectivity index (χ1v) is 5.98. The number of aliphatic hydroxyl groups excluding tert-OH is 1. The highest BCUT2D eigenvalue weighted by atomic mass is 16.6. The summed E-state index contributed by atoms with van der Waals surface area (Å²) in [6.07, 6.45) is 0.843. The maximum atomic E-state index is 11.5. The van der Waals surface area contributed by atoms with Crippen molar-refractivity contribution in [3.63, 3.8) is 0 Å². The van der Waals surface area contributed by atoms with Crippen LogP contribution in [0.25, 0.3) is 0 Å². The third-order valence-corrected chi connectivity index (χ3v) is 2.38. The molecule has 0 saturated heterocycles. The molecule has 1 N–H and O–H groups in total. The average molecular weight is 262 g/mol. The lowest BCUT2D eigenvalue weighted by Gasteiger charge is -2.11. The van der Waals surface area contributed by atoms with E-state index < -0.39 is 12.1 Å². The first kappa shape index (κ1) is 15.0. The second kappa shape index (κ2) is 8.11. The summed E-state index contributed by atoms with van der Waals surface area (Å²) < 4.78 is 10.3. The molecular formula is C15H18O4. The lowest BCUT2D eigenvalue weighted by atomic mass is 10.1. The monoisotopic (exact) mass is 262 g/mol. The van der Waals surface area contributed by atoms with Crippen LogP contribution in [0, 0.1) is 0 Å². The average Bonchev–Trinajstić information content (AvgIpc) is 2.44. The number of hydrogen-bond donors (Lipinski definition) is 1. The predicted octanol–water partition coefficient (Wildman–Crippen LogP) is 2.10. The number of esters is 1. The van der Waals surface area contributed by atoms with E-state index in [1.165, 1.54) is 6.08 Å². The minimum absolute atomic E-state index is 0.0274. The Morgan fingerprint density at radius 1 is 1.32 bits per heavy atom. The molecule has 0 aliphatic heterocycles. The zero-order valence-electron chi connectivity index (χ0n) is 10.7. The van der Waals surface area contributed by atoms with Crippen molar-refractivity contribution in [3.05, 3.63) is 55.1 Å². The molecule has 102 valence electrons. The molecule has 1 aromatic rings. The van der Waals surface area contributed by atoms with Crippen LogP contribution < -0.4 is 4.74 Å². The quantitative estimate of drug-likeness (QED) is 0.337.